The molecule has 1 aliphatic carbocycles. The highest BCUT2D eigenvalue weighted by molar-refractivity contribution is 7.18. The number of nitrogens with zero attached hydrogens (tertiary/aromatic N) is 1. The SMILES string of the molecule is CC1CCC(C(=O)N(c2cc(-c3ccc(Cl)cc3)sc2C(=O)O)C2CCNC(C)C2)CC1. The maximum atomic E-state index is 13.9. The maximum Gasteiger partial charge on any atom is 0.348 e. The van der Waals surface area contributed by atoms with Gasteiger partial charge in [0.2, 0.25) is 5.91 Å². The van der Waals surface area contributed by atoms with E-state index in [2.05, 4.69) is 19.2 Å². The summed E-state index contributed by atoms with van der Waals surface area (Å²) in [6, 6.07) is 9.58. The van der Waals surface area contributed by atoms with Crippen LogP contribution in [0.15, 0.2) is 30.3 Å². The van der Waals surface area contributed by atoms with Gasteiger partial charge in [0.25, 0.3) is 0 Å². The highest BCUT2D eigenvalue weighted by Gasteiger charge is 2.37. The van der Waals surface area contributed by atoms with Gasteiger partial charge in [-0.2, -0.15) is 0 Å². The van der Waals surface area contributed by atoms with Crippen LogP contribution in [-0.2, 0) is 4.79 Å². The second kappa shape index (κ2) is 9.94. The van der Waals surface area contributed by atoms with Crippen molar-refractivity contribution in [3.63, 3.8) is 0 Å². The van der Waals surface area contributed by atoms with Gasteiger partial charge in [0.05, 0.1) is 5.69 Å². The summed E-state index contributed by atoms with van der Waals surface area (Å²) in [6.45, 7) is 5.20. The minimum absolute atomic E-state index is 0.00358. The number of amides is 1. The van der Waals surface area contributed by atoms with Crippen LogP contribution in [0.3, 0.4) is 0 Å². The summed E-state index contributed by atoms with van der Waals surface area (Å²) in [5.74, 6) is -0.267. The molecular weight excluding hydrogens is 444 g/mol. The molecule has 1 aliphatic heterocycles. The van der Waals surface area contributed by atoms with Crippen molar-refractivity contribution in [1.82, 2.24) is 5.32 Å². The number of carbonyl (C=O) groups is 2. The molecule has 172 valence electrons. The maximum absolute atomic E-state index is 13.9. The zero-order valence-corrected chi connectivity index (χ0v) is 20.2. The highest BCUT2D eigenvalue weighted by Crippen LogP contribution is 2.41. The van der Waals surface area contributed by atoms with Crippen molar-refractivity contribution in [3.05, 3.63) is 40.2 Å². The lowest BCUT2D eigenvalue weighted by atomic mass is 9.81. The van der Waals surface area contributed by atoms with Gasteiger partial charge in [-0.3, -0.25) is 4.79 Å². The van der Waals surface area contributed by atoms with E-state index < -0.39 is 5.97 Å². The number of nitrogens with one attached hydrogen (secondary N) is 1. The molecule has 2 atom stereocenters. The summed E-state index contributed by atoms with van der Waals surface area (Å²) in [5.41, 5.74) is 1.46. The molecule has 2 aliphatic rings. The molecule has 2 fully saturated rings. The monoisotopic (exact) mass is 474 g/mol. The lowest BCUT2D eigenvalue weighted by Crippen LogP contribution is -2.51. The Morgan fingerprint density at radius 3 is 2.41 bits per heavy atom. The number of carbonyl (C=O) groups excluding carboxylic acids is 1. The molecule has 2 unspecified atom stereocenters. The minimum Gasteiger partial charge on any atom is -0.477 e. The lowest BCUT2D eigenvalue weighted by molar-refractivity contribution is -0.124. The molecule has 4 rings (SSSR count). The first-order chi connectivity index (χ1) is 15.3. The largest absolute Gasteiger partial charge is 0.477 e. The summed E-state index contributed by atoms with van der Waals surface area (Å²) < 4.78 is 0. The minimum atomic E-state index is -0.984. The molecule has 0 spiro atoms. The average Bonchev–Trinajstić information content (AvgIpc) is 3.20. The van der Waals surface area contributed by atoms with E-state index in [9.17, 15) is 14.7 Å². The number of piperidine rings is 1. The third kappa shape index (κ3) is 5.03. The molecule has 0 bridgehead atoms. The van der Waals surface area contributed by atoms with Crippen LogP contribution >= 0.6 is 22.9 Å². The molecule has 2 aromatic rings. The van der Waals surface area contributed by atoms with Crippen LogP contribution in [0.2, 0.25) is 5.02 Å². The Morgan fingerprint density at radius 1 is 1.09 bits per heavy atom. The zero-order valence-electron chi connectivity index (χ0n) is 18.6. The van der Waals surface area contributed by atoms with E-state index in [-0.39, 0.29) is 28.8 Å². The highest BCUT2D eigenvalue weighted by atomic mass is 35.5. The van der Waals surface area contributed by atoms with Gasteiger partial charge in [-0.1, -0.05) is 30.7 Å². The van der Waals surface area contributed by atoms with Crippen molar-refractivity contribution in [3.8, 4) is 10.4 Å². The molecule has 1 amide bonds. The molecule has 1 aromatic carbocycles. The van der Waals surface area contributed by atoms with Crippen molar-refractivity contribution in [2.75, 3.05) is 11.4 Å². The van der Waals surface area contributed by atoms with Gasteiger partial charge in [0, 0.05) is 27.9 Å². The molecule has 0 radical (unpaired) electrons. The third-order valence-corrected chi connectivity index (χ3v) is 8.27. The number of hydrogen-bond donors (Lipinski definition) is 2. The van der Waals surface area contributed by atoms with Gasteiger partial charge in [-0.25, -0.2) is 4.79 Å². The Bertz CT molecular complexity index is 966. The fourth-order valence-corrected chi connectivity index (χ4v) is 6.13. The predicted molar refractivity (Wildman–Crippen MR) is 131 cm³/mol. The van der Waals surface area contributed by atoms with E-state index in [0.717, 1.165) is 55.5 Å². The topological polar surface area (TPSA) is 69.6 Å². The summed E-state index contributed by atoms with van der Waals surface area (Å²) in [6.07, 6.45) is 5.52. The zero-order chi connectivity index (χ0) is 22.8. The number of hydrogen-bond acceptors (Lipinski definition) is 4. The van der Waals surface area contributed by atoms with E-state index in [1.54, 1.807) is 12.1 Å². The molecule has 1 saturated heterocycles. The Kier molecular flexibility index (Phi) is 7.23. The lowest BCUT2D eigenvalue weighted by Gasteiger charge is -2.39. The Balaban J connectivity index is 1.74. The van der Waals surface area contributed by atoms with Crippen molar-refractivity contribution >= 4 is 40.5 Å². The van der Waals surface area contributed by atoms with Gasteiger partial charge >= 0.3 is 5.97 Å². The summed E-state index contributed by atoms with van der Waals surface area (Å²) in [4.78, 5) is 29.1. The molecule has 7 heteroatoms. The normalized spacial score (nSPS) is 26.0. The molecule has 1 aromatic heterocycles. The first-order valence-electron chi connectivity index (χ1n) is 11.5. The number of aromatic carboxylic acids is 1. The molecule has 32 heavy (non-hydrogen) atoms. The van der Waals surface area contributed by atoms with E-state index in [4.69, 9.17) is 11.6 Å². The number of halogens is 1. The molecule has 5 nitrogen and oxygen atoms in total. The van der Waals surface area contributed by atoms with Crippen LogP contribution in [0.25, 0.3) is 10.4 Å². The fourth-order valence-electron chi connectivity index (χ4n) is 5.01. The second-order valence-electron chi connectivity index (χ2n) is 9.34. The molecule has 2 heterocycles. The van der Waals surface area contributed by atoms with Crippen LogP contribution in [0.4, 0.5) is 5.69 Å². The van der Waals surface area contributed by atoms with Gasteiger partial charge in [-0.15, -0.1) is 11.3 Å². The van der Waals surface area contributed by atoms with Gasteiger partial charge < -0.3 is 15.3 Å². The van der Waals surface area contributed by atoms with Crippen LogP contribution in [0.1, 0.15) is 62.0 Å². The number of carboxylic acids is 1. The van der Waals surface area contributed by atoms with E-state index in [0.29, 0.717) is 16.6 Å². The third-order valence-electron chi connectivity index (χ3n) is 6.86. The smallest absolute Gasteiger partial charge is 0.348 e. The Labute approximate surface area is 198 Å². The van der Waals surface area contributed by atoms with Crippen LogP contribution in [0.5, 0.6) is 0 Å². The summed E-state index contributed by atoms with van der Waals surface area (Å²) >= 11 is 7.27. The summed E-state index contributed by atoms with van der Waals surface area (Å²) in [7, 11) is 0. The number of carboxylic acid groups (broad SMARTS) is 1. The van der Waals surface area contributed by atoms with Gasteiger partial charge in [-0.05, 0) is 81.7 Å². The number of benzene rings is 1. The molecule has 2 N–H and O–H groups in total. The summed E-state index contributed by atoms with van der Waals surface area (Å²) in [5, 5.41) is 14.1. The van der Waals surface area contributed by atoms with Crippen LogP contribution in [0, 0.1) is 11.8 Å². The van der Waals surface area contributed by atoms with E-state index in [1.165, 1.54) is 11.3 Å². The van der Waals surface area contributed by atoms with Crippen molar-refractivity contribution in [2.45, 2.75) is 64.5 Å². The second-order valence-corrected chi connectivity index (χ2v) is 10.8. The van der Waals surface area contributed by atoms with E-state index >= 15 is 0 Å². The fraction of sp³-hybridized carbons (Fsp3) is 0.520. The average molecular weight is 475 g/mol. The standard InChI is InChI=1S/C25H31ClN2O3S/c1-15-3-5-18(6-4-15)24(29)28(20-11-12-27-16(2)13-20)21-14-22(32-23(21)25(30)31)17-7-9-19(26)10-8-17/h7-10,14-16,18,20,27H,3-6,11-13H2,1-2H3,(H,30,31). The Morgan fingerprint density at radius 2 is 1.78 bits per heavy atom. The van der Waals surface area contributed by atoms with Crippen molar-refractivity contribution in [2.24, 2.45) is 11.8 Å². The predicted octanol–water partition coefficient (Wildman–Crippen LogP) is 6.07. The number of thiophene rings is 1. The van der Waals surface area contributed by atoms with Crippen LogP contribution in [-0.4, -0.2) is 35.6 Å². The molecule has 1 saturated carbocycles. The quantitative estimate of drug-likeness (QED) is 0.552. The first kappa shape index (κ1) is 23.3. The van der Waals surface area contributed by atoms with E-state index in [1.807, 2.05) is 23.1 Å². The molecular formula is C25H31ClN2O3S. The van der Waals surface area contributed by atoms with Gasteiger partial charge in [0.1, 0.15) is 4.88 Å². The van der Waals surface area contributed by atoms with Crippen LogP contribution < -0.4 is 10.2 Å². The first-order valence-corrected chi connectivity index (χ1v) is 12.7. The van der Waals surface area contributed by atoms with Crippen molar-refractivity contribution < 1.29 is 14.7 Å². The number of anilines is 1. The van der Waals surface area contributed by atoms with Gasteiger partial charge in [0.15, 0.2) is 0 Å². The van der Waals surface area contributed by atoms with Crippen molar-refractivity contribution in [1.29, 1.82) is 0 Å². The number of rotatable bonds is 5. The Hall–Kier alpha value is -1.89.